The predicted octanol–water partition coefficient (Wildman–Crippen LogP) is 1.24. The van der Waals surface area contributed by atoms with Crippen molar-refractivity contribution in [1.82, 2.24) is 15.2 Å². The van der Waals surface area contributed by atoms with Crippen molar-refractivity contribution in [3.05, 3.63) is 35.9 Å². The Balaban J connectivity index is 1.39. The summed E-state index contributed by atoms with van der Waals surface area (Å²) in [6.45, 7) is 6.67. The fourth-order valence-electron chi connectivity index (χ4n) is 3.38. The third kappa shape index (κ3) is 5.87. The minimum Gasteiger partial charge on any atom is -0.379 e. The molecular formula is C20H28N4O3. The van der Waals surface area contributed by atoms with Gasteiger partial charge in [-0.25, -0.2) is 5.01 Å². The van der Waals surface area contributed by atoms with Gasteiger partial charge in [-0.15, -0.1) is 0 Å². The molecule has 1 atom stereocenters. The largest absolute Gasteiger partial charge is 0.379 e. The van der Waals surface area contributed by atoms with Gasteiger partial charge < -0.3 is 10.1 Å². The first-order chi connectivity index (χ1) is 13.1. The molecule has 146 valence electrons. The number of carbonyl (C=O) groups is 2. The molecule has 2 aliphatic heterocycles. The number of nitrogens with zero attached hydrogens (tertiary/aromatic N) is 3. The molecule has 0 spiro atoms. The predicted molar refractivity (Wildman–Crippen MR) is 103 cm³/mol. The Kier molecular flexibility index (Phi) is 6.95. The number of hydrogen-bond acceptors (Lipinski definition) is 5. The van der Waals surface area contributed by atoms with Crippen LogP contribution < -0.4 is 5.32 Å². The van der Waals surface area contributed by atoms with Crippen molar-refractivity contribution in [3.63, 3.8) is 0 Å². The maximum Gasteiger partial charge on any atom is 0.243 e. The van der Waals surface area contributed by atoms with E-state index in [9.17, 15) is 9.59 Å². The molecule has 2 heterocycles. The molecule has 1 saturated heterocycles. The quantitative estimate of drug-likeness (QED) is 0.782. The van der Waals surface area contributed by atoms with Crippen LogP contribution in [0.4, 0.5) is 0 Å². The first-order valence-electron chi connectivity index (χ1n) is 9.64. The number of hydrogen-bond donors (Lipinski definition) is 1. The SMILES string of the molecule is CC(CN1CCOCC1)NC(=O)CCC(=O)N1CCC(c2ccccc2)=N1. The maximum atomic E-state index is 12.3. The van der Waals surface area contributed by atoms with E-state index in [1.54, 1.807) is 0 Å². The fourth-order valence-corrected chi connectivity index (χ4v) is 3.38. The number of amides is 2. The van der Waals surface area contributed by atoms with Crippen molar-refractivity contribution < 1.29 is 14.3 Å². The Labute approximate surface area is 160 Å². The summed E-state index contributed by atoms with van der Waals surface area (Å²) in [5.41, 5.74) is 1.97. The Bertz CT molecular complexity index is 671. The van der Waals surface area contributed by atoms with Crippen molar-refractivity contribution in [3.8, 4) is 0 Å². The van der Waals surface area contributed by atoms with Gasteiger partial charge in [-0.05, 0) is 12.5 Å². The molecule has 2 amide bonds. The summed E-state index contributed by atoms with van der Waals surface area (Å²) in [7, 11) is 0. The van der Waals surface area contributed by atoms with Gasteiger partial charge >= 0.3 is 0 Å². The van der Waals surface area contributed by atoms with Crippen molar-refractivity contribution in [2.75, 3.05) is 39.4 Å². The van der Waals surface area contributed by atoms with Crippen LogP contribution >= 0.6 is 0 Å². The van der Waals surface area contributed by atoms with E-state index in [0.717, 1.165) is 50.5 Å². The molecule has 1 aromatic carbocycles. The first-order valence-corrected chi connectivity index (χ1v) is 9.64. The van der Waals surface area contributed by atoms with Crippen LogP contribution in [0.3, 0.4) is 0 Å². The molecule has 0 radical (unpaired) electrons. The highest BCUT2D eigenvalue weighted by atomic mass is 16.5. The first kappa shape index (κ1) is 19.5. The second kappa shape index (κ2) is 9.62. The fraction of sp³-hybridized carbons (Fsp3) is 0.550. The minimum absolute atomic E-state index is 0.0557. The summed E-state index contributed by atoms with van der Waals surface area (Å²) < 4.78 is 5.33. The van der Waals surface area contributed by atoms with Gasteiger partial charge in [0.05, 0.1) is 25.5 Å². The summed E-state index contributed by atoms with van der Waals surface area (Å²) in [5, 5.41) is 8.90. The van der Waals surface area contributed by atoms with Gasteiger partial charge in [0, 0.05) is 44.9 Å². The second-order valence-electron chi connectivity index (χ2n) is 7.06. The number of benzene rings is 1. The highest BCUT2D eigenvalue weighted by molar-refractivity contribution is 6.02. The number of hydrazone groups is 1. The van der Waals surface area contributed by atoms with E-state index in [2.05, 4.69) is 15.3 Å². The molecule has 0 saturated carbocycles. The van der Waals surface area contributed by atoms with Crippen LogP contribution in [0.1, 0.15) is 31.7 Å². The van der Waals surface area contributed by atoms with Gasteiger partial charge in [-0.2, -0.15) is 5.10 Å². The normalized spacial score (nSPS) is 18.9. The van der Waals surface area contributed by atoms with Crippen LogP contribution in [0.5, 0.6) is 0 Å². The third-order valence-electron chi connectivity index (χ3n) is 4.81. The van der Waals surface area contributed by atoms with Crippen LogP contribution in [0.15, 0.2) is 35.4 Å². The highest BCUT2D eigenvalue weighted by Gasteiger charge is 2.22. The number of carbonyl (C=O) groups excluding carboxylic acids is 2. The molecule has 27 heavy (non-hydrogen) atoms. The van der Waals surface area contributed by atoms with E-state index in [1.165, 1.54) is 5.01 Å². The van der Waals surface area contributed by atoms with E-state index in [0.29, 0.717) is 6.54 Å². The Morgan fingerprint density at radius 3 is 2.63 bits per heavy atom. The van der Waals surface area contributed by atoms with Crippen molar-refractivity contribution in [1.29, 1.82) is 0 Å². The van der Waals surface area contributed by atoms with E-state index < -0.39 is 0 Å². The molecule has 7 nitrogen and oxygen atoms in total. The summed E-state index contributed by atoms with van der Waals surface area (Å²) in [5.74, 6) is -0.188. The lowest BCUT2D eigenvalue weighted by Crippen LogP contribution is -2.46. The van der Waals surface area contributed by atoms with Gasteiger partial charge in [-0.1, -0.05) is 30.3 Å². The smallest absolute Gasteiger partial charge is 0.243 e. The van der Waals surface area contributed by atoms with Gasteiger partial charge in [-0.3, -0.25) is 14.5 Å². The number of morpholine rings is 1. The molecule has 0 aliphatic carbocycles. The molecule has 1 unspecified atom stereocenters. The van der Waals surface area contributed by atoms with Crippen LogP contribution in [-0.2, 0) is 14.3 Å². The van der Waals surface area contributed by atoms with Crippen molar-refractivity contribution in [2.45, 2.75) is 32.2 Å². The van der Waals surface area contributed by atoms with Gasteiger partial charge in [0.15, 0.2) is 0 Å². The molecule has 1 N–H and O–H groups in total. The molecule has 7 heteroatoms. The zero-order valence-electron chi connectivity index (χ0n) is 15.9. The lowest BCUT2D eigenvalue weighted by molar-refractivity contribution is -0.133. The van der Waals surface area contributed by atoms with Crippen LogP contribution in [0, 0.1) is 0 Å². The lowest BCUT2D eigenvalue weighted by Gasteiger charge is -2.29. The second-order valence-corrected chi connectivity index (χ2v) is 7.06. The van der Waals surface area contributed by atoms with E-state index in [-0.39, 0.29) is 30.7 Å². The zero-order chi connectivity index (χ0) is 19.1. The standard InChI is InChI=1S/C20H28N4O3/c1-16(15-23-11-13-27-14-12-23)21-19(25)7-8-20(26)24-10-9-18(22-24)17-5-3-2-4-6-17/h2-6,16H,7-15H2,1H3,(H,21,25). The highest BCUT2D eigenvalue weighted by Crippen LogP contribution is 2.15. The zero-order valence-corrected chi connectivity index (χ0v) is 15.9. The third-order valence-corrected chi connectivity index (χ3v) is 4.81. The Morgan fingerprint density at radius 1 is 1.15 bits per heavy atom. The summed E-state index contributed by atoms with van der Waals surface area (Å²) in [4.78, 5) is 26.8. The number of nitrogens with one attached hydrogen (secondary N) is 1. The van der Waals surface area contributed by atoms with E-state index in [4.69, 9.17) is 4.74 Å². The van der Waals surface area contributed by atoms with Crippen molar-refractivity contribution >= 4 is 17.5 Å². The molecular weight excluding hydrogens is 344 g/mol. The molecule has 1 fully saturated rings. The topological polar surface area (TPSA) is 74.2 Å². The Hall–Kier alpha value is -2.25. The van der Waals surface area contributed by atoms with Gasteiger partial charge in [0.2, 0.25) is 11.8 Å². The number of ether oxygens (including phenoxy) is 1. The average molecular weight is 372 g/mol. The van der Waals surface area contributed by atoms with E-state index in [1.807, 2.05) is 37.3 Å². The maximum absolute atomic E-state index is 12.3. The number of rotatable bonds is 7. The van der Waals surface area contributed by atoms with Crippen LogP contribution in [0.2, 0.25) is 0 Å². The Morgan fingerprint density at radius 2 is 1.89 bits per heavy atom. The molecule has 2 aliphatic rings. The lowest BCUT2D eigenvalue weighted by atomic mass is 10.1. The van der Waals surface area contributed by atoms with Crippen molar-refractivity contribution in [2.24, 2.45) is 5.10 Å². The van der Waals surface area contributed by atoms with Crippen LogP contribution in [-0.4, -0.2) is 72.9 Å². The molecule has 0 bridgehead atoms. The van der Waals surface area contributed by atoms with Crippen LogP contribution in [0.25, 0.3) is 0 Å². The monoisotopic (exact) mass is 372 g/mol. The molecule has 1 aromatic rings. The van der Waals surface area contributed by atoms with Gasteiger partial charge in [0.1, 0.15) is 0 Å². The minimum atomic E-state index is -0.100. The average Bonchev–Trinajstić information content (AvgIpc) is 3.18. The van der Waals surface area contributed by atoms with Gasteiger partial charge in [0.25, 0.3) is 0 Å². The summed E-state index contributed by atoms with van der Waals surface area (Å²) >= 11 is 0. The molecule has 3 rings (SSSR count). The molecule has 0 aromatic heterocycles. The summed E-state index contributed by atoms with van der Waals surface area (Å²) in [6, 6.07) is 9.93. The summed E-state index contributed by atoms with van der Waals surface area (Å²) in [6.07, 6.45) is 1.12. The van der Waals surface area contributed by atoms with E-state index >= 15 is 0 Å².